The van der Waals surface area contributed by atoms with Crippen molar-refractivity contribution in [3.8, 4) is 0 Å². The van der Waals surface area contributed by atoms with Gasteiger partial charge in [0.15, 0.2) is 0 Å². The van der Waals surface area contributed by atoms with E-state index in [-0.39, 0.29) is 11.9 Å². The van der Waals surface area contributed by atoms with Gasteiger partial charge in [0.1, 0.15) is 0 Å². The molecule has 0 unspecified atom stereocenters. The Bertz CT molecular complexity index is 988. The number of amides is 1. The quantitative estimate of drug-likeness (QED) is 0.482. The predicted molar refractivity (Wildman–Crippen MR) is 144 cm³/mol. The van der Waals surface area contributed by atoms with Crippen LogP contribution >= 0.6 is 11.3 Å². The third kappa shape index (κ3) is 6.39. The largest absolute Gasteiger partial charge is 0.339 e. The fourth-order valence-corrected chi connectivity index (χ4v) is 6.00. The van der Waals surface area contributed by atoms with Gasteiger partial charge in [-0.15, -0.1) is 11.3 Å². The summed E-state index contributed by atoms with van der Waals surface area (Å²) in [5.41, 5.74) is 2.63. The third-order valence-corrected chi connectivity index (χ3v) is 8.28. The molecule has 5 nitrogen and oxygen atoms in total. The molecule has 3 heterocycles. The normalized spacial score (nSPS) is 18.3. The standard InChI is InChI=1S/C29H36N4OS/c34-28(24-31-17-15-30(16-18-31)14-13-27-12-7-23-35-27)32-19-21-33(22-20-32)29(25-8-3-1-4-9-25)26-10-5-2-6-11-26/h1-12,23,29H,13-22,24H2. The molecule has 0 saturated carbocycles. The fourth-order valence-electron chi connectivity index (χ4n) is 5.30. The van der Waals surface area contributed by atoms with Crippen molar-refractivity contribution in [2.75, 3.05) is 65.4 Å². The van der Waals surface area contributed by atoms with Crippen LogP contribution in [0.1, 0.15) is 22.0 Å². The summed E-state index contributed by atoms with van der Waals surface area (Å²) in [7, 11) is 0. The van der Waals surface area contributed by atoms with E-state index in [4.69, 9.17) is 0 Å². The summed E-state index contributed by atoms with van der Waals surface area (Å²) < 4.78 is 0. The van der Waals surface area contributed by atoms with Crippen LogP contribution in [0.5, 0.6) is 0 Å². The molecule has 0 atom stereocenters. The number of hydrogen-bond acceptors (Lipinski definition) is 5. The monoisotopic (exact) mass is 488 g/mol. The van der Waals surface area contributed by atoms with E-state index < -0.39 is 0 Å². The molecule has 6 heteroatoms. The molecule has 2 aromatic carbocycles. The summed E-state index contributed by atoms with van der Waals surface area (Å²) in [6, 6.07) is 26.1. The van der Waals surface area contributed by atoms with Crippen molar-refractivity contribution in [1.82, 2.24) is 19.6 Å². The first-order chi connectivity index (χ1) is 17.3. The van der Waals surface area contributed by atoms with Gasteiger partial charge in [0.2, 0.25) is 5.91 Å². The summed E-state index contributed by atoms with van der Waals surface area (Å²) in [6.07, 6.45) is 1.13. The van der Waals surface area contributed by atoms with Gasteiger partial charge in [0.05, 0.1) is 12.6 Å². The number of carbonyl (C=O) groups excluding carboxylic acids is 1. The van der Waals surface area contributed by atoms with Crippen LogP contribution in [0.25, 0.3) is 0 Å². The number of hydrogen-bond donors (Lipinski definition) is 0. The van der Waals surface area contributed by atoms with Crippen molar-refractivity contribution in [1.29, 1.82) is 0 Å². The molecule has 35 heavy (non-hydrogen) atoms. The minimum Gasteiger partial charge on any atom is -0.339 e. The Morgan fingerprint density at radius 1 is 0.714 bits per heavy atom. The first-order valence-electron chi connectivity index (χ1n) is 12.8. The van der Waals surface area contributed by atoms with Gasteiger partial charge in [-0.2, -0.15) is 0 Å². The summed E-state index contributed by atoms with van der Waals surface area (Å²) in [5, 5.41) is 2.15. The van der Waals surface area contributed by atoms with Gasteiger partial charge in [-0.05, 0) is 29.0 Å². The van der Waals surface area contributed by atoms with Crippen LogP contribution < -0.4 is 0 Å². The van der Waals surface area contributed by atoms with E-state index in [0.29, 0.717) is 6.54 Å². The summed E-state index contributed by atoms with van der Waals surface area (Å²) >= 11 is 1.84. The van der Waals surface area contributed by atoms with Crippen LogP contribution in [0, 0.1) is 0 Å². The number of nitrogens with zero attached hydrogens (tertiary/aromatic N) is 4. The maximum Gasteiger partial charge on any atom is 0.236 e. The highest BCUT2D eigenvalue weighted by molar-refractivity contribution is 7.09. The maximum atomic E-state index is 13.1. The average molecular weight is 489 g/mol. The van der Waals surface area contributed by atoms with Gasteiger partial charge < -0.3 is 9.80 Å². The summed E-state index contributed by atoms with van der Waals surface area (Å²) in [4.78, 5) is 24.0. The number of benzene rings is 2. The lowest BCUT2D eigenvalue weighted by molar-refractivity contribution is -0.134. The van der Waals surface area contributed by atoms with Crippen molar-refractivity contribution < 1.29 is 4.79 Å². The molecule has 2 fully saturated rings. The van der Waals surface area contributed by atoms with Crippen LogP contribution in [0.15, 0.2) is 78.2 Å². The minimum absolute atomic E-state index is 0.233. The van der Waals surface area contributed by atoms with Crippen molar-refractivity contribution >= 4 is 17.2 Å². The highest BCUT2D eigenvalue weighted by Gasteiger charge is 2.29. The molecule has 0 aliphatic carbocycles. The van der Waals surface area contributed by atoms with Gasteiger partial charge in [0.25, 0.3) is 0 Å². The van der Waals surface area contributed by atoms with Crippen LogP contribution in [0.2, 0.25) is 0 Å². The molecule has 2 aliphatic heterocycles. The molecule has 0 N–H and O–H groups in total. The maximum absolute atomic E-state index is 13.1. The molecule has 184 valence electrons. The summed E-state index contributed by atoms with van der Waals surface area (Å²) in [5.74, 6) is 0.285. The van der Waals surface area contributed by atoms with Crippen molar-refractivity contribution in [3.05, 3.63) is 94.2 Å². The first-order valence-corrected chi connectivity index (χ1v) is 13.7. The number of rotatable bonds is 8. The van der Waals surface area contributed by atoms with Crippen LogP contribution in [-0.4, -0.2) is 91.0 Å². The molecule has 0 radical (unpaired) electrons. The average Bonchev–Trinajstić information content (AvgIpc) is 3.44. The van der Waals surface area contributed by atoms with Gasteiger partial charge in [-0.3, -0.25) is 14.6 Å². The van der Waals surface area contributed by atoms with E-state index in [9.17, 15) is 4.79 Å². The lowest BCUT2D eigenvalue weighted by Crippen LogP contribution is -2.54. The highest BCUT2D eigenvalue weighted by atomic mass is 32.1. The Balaban J connectivity index is 1.10. The Morgan fingerprint density at radius 2 is 1.31 bits per heavy atom. The molecule has 0 spiro atoms. The second-order valence-electron chi connectivity index (χ2n) is 9.59. The van der Waals surface area contributed by atoms with Crippen molar-refractivity contribution in [2.24, 2.45) is 0 Å². The Kier molecular flexibility index (Phi) is 8.26. The van der Waals surface area contributed by atoms with E-state index in [0.717, 1.165) is 65.3 Å². The second kappa shape index (κ2) is 12.0. The highest BCUT2D eigenvalue weighted by Crippen LogP contribution is 2.29. The van der Waals surface area contributed by atoms with Gasteiger partial charge >= 0.3 is 0 Å². The second-order valence-corrected chi connectivity index (χ2v) is 10.6. The van der Waals surface area contributed by atoms with E-state index in [1.807, 2.05) is 11.3 Å². The minimum atomic E-state index is 0.233. The predicted octanol–water partition coefficient (Wildman–Crippen LogP) is 3.84. The van der Waals surface area contributed by atoms with Crippen LogP contribution in [0.3, 0.4) is 0 Å². The van der Waals surface area contributed by atoms with Gasteiger partial charge in [-0.1, -0.05) is 66.7 Å². The molecule has 1 amide bonds. The zero-order valence-electron chi connectivity index (χ0n) is 20.5. The van der Waals surface area contributed by atoms with Crippen LogP contribution in [-0.2, 0) is 11.2 Å². The Morgan fingerprint density at radius 3 is 1.89 bits per heavy atom. The molecule has 3 aromatic rings. The lowest BCUT2D eigenvalue weighted by atomic mass is 9.96. The third-order valence-electron chi connectivity index (χ3n) is 7.34. The smallest absolute Gasteiger partial charge is 0.236 e. The fraction of sp³-hybridized carbons (Fsp3) is 0.414. The van der Waals surface area contributed by atoms with E-state index in [1.165, 1.54) is 16.0 Å². The topological polar surface area (TPSA) is 30.0 Å². The number of piperazine rings is 2. The molecule has 1 aromatic heterocycles. The van der Waals surface area contributed by atoms with Gasteiger partial charge in [-0.25, -0.2) is 0 Å². The van der Waals surface area contributed by atoms with Crippen molar-refractivity contribution in [2.45, 2.75) is 12.5 Å². The van der Waals surface area contributed by atoms with Crippen molar-refractivity contribution in [3.63, 3.8) is 0 Å². The van der Waals surface area contributed by atoms with Crippen LogP contribution in [0.4, 0.5) is 0 Å². The molecular weight excluding hydrogens is 452 g/mol. The number of thiophene rings is 1. The SMILES string of the molecule is O=C(CN1CCN(CCc2cccs2)CC1)N1CCN(C(c2ccccc2)c2ccccc2)CC1. The first kappa shape index (κ1) is 24.2. The molecule has 2 saturated heterocycles. The summed E-state index contributed by atoms with van der Waals surface area (Å²) in [6.45, 7) is 9.16. The van der Waals surface area contributed by atoms with E-state index in [2.05, 4.69) is 97.8 Å². The van der Waals surface area contributed by atoms with E-state index in [1.54, 1.807) is 0 Å². The molecule has 0 bridgehead atoms. The number of carbonyl (C=O) groups is 1. The lowest BCUT2D eigenvalue weighted by Gasteiger charge is -2.41. The zero-order valence-corrected chi connectivity index (χ0v) is 21.3. The molecule has 5 rings (SSSR count). The Hall–Kier alpha value is -2.51. The Labute approximate surface area is 213 Å². The van der Waals surface area contributed by atoms with Gasteiger partial charge in [0, 0.05) is 63.8 Å². The van der Waals surface area contributed by atoms with E-state index >= 15 is 0 Å². The zero-order chi connectivity index (χ0) is 23.9. The molecule has 2 aliphatic rings. The molecular formula is C29H36N4OS.